The minimum atomic E-state index is -0.0107. The predicted molar refractivity (Wildman–Crippen MR) is 107 cm³/mol. The highest BCUT2D eigenvalue weighted by molar-refractivity contribution is 9.10. The highest BCUT2D eigenvalue weighted by atomic mass is 79.9. The Morgan fingerprint density at radius 2 is 1.96 bits per heavy atom. The molecule has 1 amide bonds. The molecule has 0 aliphatic carbocycles. The molecule has 1 unspecified atom stereocenters. The third kappa shape index (κ3) is 5.20. The fourth-order valence-electron chi connectivity index (χ4n) is 3.08. The quantitative estimate of drug-likeness (QED) is 0.668. The molecule has 0 saturated carbocycles. The van der Waals surface area contributed by atoms with E-state index in [1.807, 2.05) is 36.4 Å². The van der Waals surface area contributed by atoms with Gasteiger partial charge in [-0.3, -0.25) is 9.69 Å². The Morgan fingerprint density at radius 1 is 1.20 bits per heavy atom. The van der Waals surface area contributed by atoms with E-state index in [9.17, 15) is 4.79 Å². The highest BCUT2D eigenvalue weighted by Gasteiger charge is 2.26. The first-order valence-electron chi connectivity index (χ1n) is 8.24. The van der Waals surface area contributed by atoms with Crippen LogP contribution in [0.1, 0.15) is 18.4 Å². The van der Waals surface area contributed by atoms with Gasteiger partial charge in [0, 0.05) is 33.3 Å². The fraction of sp³-hybridized carbons (Fsp3) is 0.316. The lowest BCUT2D eigenvalue weighted by Gasteiger charge is -2.32. The van der Waals surface area contributed by atoms with Gasteiger partial charge in [-0.1, -0.05) is 45.2 Å². The zero-order valence-corrected chi connectivity index (χ0v) is 16.7. The number of nitrogens with zero attached hydrogens (tertiary/aromatic N) is 1. The van der Waals surface area contributed by atoms with E-state index in [-0.39, 0.29) is 11.8 Å². The second kappa shape index (κ2) is 8.54. The summed E-state index contributed by atoms with van der Waals surface area (Å²) in [6, 6.07) is 13.2. The molecule has 6 heteroatoms. The lowest BCUT2D eigenvalue weighted by molar-refractivity contribution is -0.121. The standard InChI is InChI=1S/C19H19BrCl2N2O/c20-15-4-7-17(8-5-15)23-19(25)14-2-1-9-24(12-14)11-13-3-6-16(21)10-18(13)22/h3-8,10,14H,1-2,9,11-12H2,(H,23,25). The smallest absolute Gasteiger partial charge is 0.228 e. The van der Waals surface area contributed by atoms with Gasteiger partial charge in [0.2, 0.25) is 5.91 Å². The van der Waals surface area contributed by atoms with Crippen LogP contribution in [0.5, 0.6) is 0 Å². The fourth-order valence-corrected chi connectivity index (χ4v) is 3.81. The highest BCUT2D eigenvalue weighted by Crippen LogP contribution is 2.25. The Labute approximate surface area is 166 Å². The van der Waals surface area contributed by atoms with Crippen LogP contribution in [-0.4, -0.2) is 23.9 Å². The van der Waals surface area contributed by atoms with Gasteiger partial charge in [-0.15, -0.1) is 0 Å². The maximum Gasteiger partial charge on any atom is 0.228 e. The minimum Gasteiger partial charge on any atom is -0.326 e. The molecule has 0 aromatic heterocycles. The monoisotopic (exact) mass is 440 g/mol. The molecule has 0 radical (unpaired) electrons. The number of rotatable bonds is 4. The van der Waals surface area contributed by atoms with E-state index < -0.39 is 0 Å². The van der Waals surface area contributed by atoms with Gasteiger partial charge in [0.1, 0.15) is 0 Å². The van der Waals surface area contributed by atoms with E-state index in [0.717, 1.165) is 48.2 Å². The van der Waals surface area contributed by atoms with Crippen LogP contribution in [0.3, 0.4) is 0 Å². The minimum absolute atomic E-state index is 0.0107. The van der Waals surface area contributed by atoms with Crippen molar-refractivity contribution in [2.45, 2.75) is 19.4 Å². The van der Waals surface area contributed by atoms with E-state index in [4.69, 9.17) is 23.2 Å². The average Bonchev–Trinajstić information content (AvgIpc) is 2.60. The summed E-state index contributed by atoms with van der Waals surface area (Å²) >= 11 is 15.6. The lowest BCUT2D eigenvalue weighted by atomic mass is 9.96. The predicted octanol–water partition coefficient (Wildman–Crippen LogP) is 5.61. The number of carbonyl (C=O) groups is 1. The summed E-state index contributed by atoms with van der Waals surface area (Å²) in [5, 5.41) is 4.33. The van der Waals surface area contributed by atoms with Crippen LogP contribution < -0.4 is 5.32 Å². The van der Waals surface area contributed by atoms with Crippen molar-refractivity contribution in [3.8, 4) is 0 Å². The van der Waals surface area contributed by atoms with Crippen molar-refractivity contribution in [2.24, 2.45) is 5.92 Å². The van der Waals surface area contributed by atoms with Gasteiger partial charge in [0.05, 0.1) is 5.92 Å². The van der Waals surface area contributed by atoms with Gasteiger partial charge >= 0.3 is 0 Å². The molecular formula is C19H19BrCl2N2O. The Kier molecular flexibility index (Phi) is 6.39. The Balaban J connectivity index is 1.60. The topological polar surface area (TPSA) is 32.3 Å². The van der Waals surface area contributed by atoms with Crippen molar-refractivity contribution in [2.75, 3.05) is 18.4 Å². The van der Waals surface area contributed by atoms with Crippen molar-refractivity contribution in [1.29, 1.82) is 0 Å². The maximum absolute atomic E-state index is 12.6. The summed E-state index contributed by atoms with van der Waals surface area (Å²) in [6.07, 6.45) is 1.91. The number of likely N-dealkylation sites (tertiary alicyclic amines) is 1. The lowest BCUT2D eigenvalue weighted by Crippen LogP contribution is -2.40. The largest absolute Gasteiger partial charge is 0.326 e. The molecule has 1 aliphatic rings. The number of piperidine rings is 1. The van der Waals surface area contributed by atoms with Gasteiger partial charge < -0.3 is 5.32 Å². The van der Waals surface area contributed by atoms with Gasteiger partial charge in [-0.05, 0) is 61.3 Å². The van der Waals surface area contributed by atoms with Crippen molar-refractivity contribution in [3.63, 3.8) is 0 Å². The van der Waals surface area contributed by atoms with Crippen LogP contribution in [0.15, 0.2) is 46.9 Å². The summed E-state index contributed by atoms with van der Waals surface area (Å²) < 4.78 is 0.995. The van der Waals surface area contributed by atoms with Crippen LogP contribution in [-0.2, 0) is 11.3 Å². The molecule has 1 heterocycles. The van der Waals surface area contributed by atoms with E-state index in [2.05, 4.69) is 26.1 Å². The second-order valence-electron chi connectivity index (χ2n) is 6.31. The van der Waals surface area contributed by atoms with E-state index in [1.54, 1.807) is 6.07 Å². The third-order valence-corrected chi connectivity index (χ3v) is 5.51. The molecule has 1 fully saturated rings. The van der Waals surface area contributed by atoms with E-state index in [1.165, 1.54) is 0 Å². The molecule has 1 atom stereocenters. The summed E-state index contributed by atoms with van der Waals surface area (Å²) in [5.41, 5.74) is 1.87. The van der Waals surface area contributed by atoms with Gasteiger partial charge in [0.25, 0.3) is 0 Å². The zero-order chi connectivity index (χ0) is 17.8. The molecule has 0 bridgehead atoms. The molecule has 25 heavy (non-hydrogen) atoms. The van der Waals surface area contributed by atoms with Gasteiger partial charge in [-0.2, -0.15) is 0 Å². The molecule has 1 N–H and O–H groups in total. The number of benzene rings is 2. The third-order valence-electron chi connectivity index (χ3n) is 4.40. The summed E-state index contributed by atoms with van der Waals surface area (Å²) in [5.74, 6) is 0.0673. The first-order valence-corrected chi connectivity index (χ1v) is 9.79. The molecule has 2 aromatic rings. The number of nitrogens with one attached hydrogen (secondary N) is 1. The molecule has 3 rings (SSSR count). The number of halogens is 3. The van der Waals surface area contributed by atoms with Crippen LogP contribution >= 0.6 is 39.1 Å². The zero-order valence-electron chi connectivity index (χ0n) is 13.6. The molecule has 2 aromatic carbocycles. The second-order valence-corrected chi connectivity index (χ2v) is 8.07. The molecule has 1 saturated heterocycles. The number of amides is 1. The molecule has 132 valence electrons. The number of hydrogen-bond acceptors (Lipinski definition) is 2. The first kappa shape index (κ1) is 18.7. The molecule has 3 nitrogen and oxygen atoms in total. The number of hydrogen-bond donors (Lipinski definition) is 1. The summed E-state index contributed by atoms with van der Waals surface area (Å²) in [6.45, 7) is 2.44. The Morgan fingerprint density at radius 3 is 2.68 bits per heavy atom. The SMILES string of the molecule is O=C(Nc1ccc(Br)cc1)C1CCCN(Cc2ccc(Cl)cc2Cl)C1. The summed E-state index contributed by atoms with van der Waals surface area (Å²) in [7, 11) is 0. The van der Waals surface area contributed by atoms with Crippen LogP contribution in [0, 0.1) is 5.92 Å². The van der Waals surface area contributed by atoms with Crippen molar-refractivity contribution in [3.05, 3.63) is 62.5 Å². The Bertz CT molecular complexity index is 752. The molecule has 0 spiro atoms. The van der Waals surface area contributed by atoms with Crippen LogP contribution in [0.25, 0.3) is 0 Å². The van der Waals surface area contributed by atoms with Gasteiger partial charge in [-0.25, -0.2) is 0 Å². The first-order chi connectivity index (χ1) is 12.0. The van der Waals surface area contributed by atoms with Gasteiger partial charge in [0.15, 0.2) is 0 Å². The molecular weight excluding hydrogens is 423 g/mol. The average molecular weight is 442 g/mol. The number of carbonyl (C=O) groups excluding carboxylic acids is 1. The normalized spacial score (nSPS) is 18.1. The molecule has 1 aliphatic heterocycles. The Hall–Kier alpha value is -1.07. The van der Waals surface area contributed by atoms with E-state index in [0.29, 0.717) is 10.0 Å². The maximum atomic E-state index is 12.6. The van der Waals surface area contributed by atoms with Crippen LogP contribution in [0.4, 0.5) is 5.69 Å². The van der Waals surface area contributed by atoms with Crippen LogP contribution in [0.2, 0.25) is 10.0 Å². The summed E-state index contributed by atoms with van der Waals surface area (Å²) in [4.78, 5) is 14.9. The van der Waals surface area contributed by atoms with Crippen molar-refractivity contribution < 1.29 is 4.79 Å². The van der Waals surface area contributed by atoms with Crippen molar-refractivity contribution >= 4 is 50.7 Å². The van der Waals surface area contributed by atoms with Crippen molar-refractivity contribution in [1.82, 2.24) is 4.90 Å². The number of anilines is 1. The van der Waals surface area contributed by atoms with E-state index >= 15 is 0 Å².